The van der Waals surface area contributed by atoms with E-state index in [-0.39, 0.29) is 10.8 Å². The molecule has 17 aromatic carbocycles. The highest BCUT2D eigenvalue weighted by Gasteiger charge is 2.41. The Bertz CT molecular complexity index is 6290. The summed E-state index contributed by atoms with van der Waals surface area (Å²) in [5.41, 5.74) is 39.9. The quantitative estimate of drug-likeness (QED) is 0.0951. The first-order valence-corrected chi connectivity index (χ1v) is 38.4. The summed E-state index contributed by atoms with van der Waals surface area (Å²) in [7, 11) is 0. The lowest BCUT2D eigenvalue weighted by molar-refractivity contribution is 0.660. The third kappa shape index (κ3) is 11.7. The molecule has 19 rings (SSSR count). The Morgan fingerprint density at radius 3 is 0.873 bits per heavy atom. The molecular weight excluding hydrogens is 1330 g/mol. The number of hydrogen-bond donors (Lipinski definition) is 0. The molecule has 0 radical (unpaired) electrons. The first kappa shape index (κ1) is 67.0. The van der Waals surface area contributed by atoms with E-state index in [1.54, 1.807) is 0 Å². The van der Waals surface area contributed by atoms with Gasteiger partial charge in [0, 0.05) is 33.2 Å². The van der Waals surface area contributed by atoms with Crippen LogP contribution >= 0.6 is 0 Å². The van der Waals surface area contributed by atoms with Gasteiger partial charge in [-0.2, -0.15) is 0 Å². The summed E-state index contributed by atoms with van der Waals surface area (Å²) >= 11 is 0. The molecule has 0 bridgehead atoms. The van der Waals surface area contributed by atoms with Gasteiger partial charge in [0.2, 0.25) is 0 Å². The zero-order valence-electron chi connectivity index (χ0n) is 62.2. The van der Waals surface area contributed by atoms with E-state index in [0.717, 1.165) is 112 Å². The number of nitrogens with zero attached hydrogens (tertiary/aromatic N) is 2. The second kappa shape index (κ2) is 27.9. The minimum absolute atomic E-state index is 0.280. The van der Waals surface area contributed by atoms with E-state index in [9.17, 15) is 0 Å². The minimum atomic E-state index is -0.288. The molecule has 2 aliphatic carbocycles. The largest absolute Gasteiger partial charge is 0.310 e. The van der Waals surface area contributed by atoms with Crippen LogP contribution in [0.3, 0.4) is 0 Å². The van der Waals surface area contributed by atoms with E-state index in [1.165, 1.54) is 77.9 Å². The fourth-order valence-electron chi connectivity index (χ4n) is 18.0. The second-order valence-corrected chi connectivity index (χ2v) is 30.2. The summed E-state index contributed by atoms with van der Waals surface area (Å²) in [5.74, 6) is 0. The van der Waals surface area contributed by atoms with Gasteiger partial charge in [0.1, 0.15) is 0 Å². The first-order chi connectivity index (χ1) is 54.1. The van der Waals surface area contributed by atoms with E-state index in [0.29, 0.717) is 0 Å². The van der Waals surface area contributed by atoms with Crippen molar-refractivity contribution >= 4 is 34.1 Å². The molecule has 0 heterocycles. The number of hydrogen-bond acceptors (Lipinski definition) is 2. The zero-order valence-corrected chi connectivity index (χ0v) is 62.2. The number of benzene rings is 17. The fourth-order valence-corrected chi connectivity index (χ4v) is 18.0. The molecule has 0 saturated heterocycles. The molecule has 0 atom stereocenters. The third-order valence-corrected chi connectivity index (χ3v) is 23.1. The van der Waals surface area contributed by atoms with Crippen LogP contribution in [-0.4, -0.2) is 0 Å². The summed E-state index contributed by atoms with van der Waals surface area (Å²) in [6.07, 6.45) is 0. The topological polar surface area (TPSA) is 6.48 Å². The predicted molar refractivity (Wildman–Crippen MR) is 465 cm³/mol. The van der Waals surface area contributed by atoms with Crippen LogP contribution in [0.2, 0.25) is 0 Å². The van der Waals surface area contributed by atoms with Crippen LogP contribution in [0.15, 0.2) is 413 Å². The Labute approximate surface area is 646 Å². The highest BCUT2D eigenvalue weighted by atomic mass is 15.2. The second-order valence-electron chi connectivity index (χ2n) is 30.2. The lowest BCUT2D eigenvalue weighted by Crippen LogP contribution is -2.21. The van der Waals surface area contributed by atoms with Crippen molar-refractivity contribution in [1.29, 1.82) is 0 Å². The maximum Gasteiger partial charge on any atom is 0.0546 e. The van der Waals surface area contributed by atoms with Gasteiger partial charge in [0.15, 0.2) is 0 Å². The number of fused-ring (bicyclic) bond motifs is 6. The van der Waals surface area contributed by atoms with E-state index in [4.69, 9.17) is 0 Å². The van der Waals surface area contributed by atoms with Gasteiger partial charge in [-0.3, -0.25) is 0 Å². The van der Waals surface area contributed by atoms with E-state index < -0.39 is 0 Å². The van der Waals surface area contributed by atoms with Gasteiger partial charge in [-0.15, -0.1) is 0 Å². The lowest BCUT2D eigenvalue weighted by atomic mass is 9.81. The monoisotopic (exact) mass is 1400 g/mol. The van der Waals surface area contributed by atoms with Gasteiger partial charge >= 0.3 is 0 Å². The van der Waals surface area contributed by atoms with Crippen molar-refractivity contribution < 1.29 is 0 Å². The molecule has 522 valence electrons. The number of anilines is 6. The van der Waals surface area contributed by atoms with Crippen LogP contribution in [0.1, 0.15) is 49.9 Å². The lowest BCUT2D eigenvalue weighted by Gasteiger charge is -2.35. The molecule has 0 N–H and O–H groups in total. The Hall–Kier alpha value is -13.7. The summed E-state index contributed by atoms with van der Waals surface area (Å²) in [5, 5.41) is 0. The van der Waals surface area contributed by atoms with Crippen LogP contribution < -0.4 is 9.80 Å². The molecule has 0 unspecified atom stereocenters. The molecule has 110 heavy (non-hydrogen) atoms. The maximum absolute atomic E-state index is 2.58. The average Bonchev–Trinajstić information content (AvgIpc) is 1.53. The van der Waals surface area contributed by atoms with Crippen molar-refractivity contribution in [1.82, 2.24) is 0 Å². The first-order valence-electron chi connectivity index (χ1n) is 38.4. The van der Waals surface area contributed by atoms with Gasteiger partial charge in [-0.05, 0) is 188 Å². The Morgan fingerprint density at radius 1 is 0.164 bits per heavy atom. The maximum atomic E-state index is 2.58. The Kier molecular flexibility index (Phi) is 17.0. The fraction of sp³-hybridized carbons (Fsp3) is 0.0556. The van der Waals surface area contributed by atoms with Crippen LogP contribution in [-0.2, 0) is 10.8 Å². The molecule has 2 nitrogen and oxygen atoms in total. The van der Waals surface area contributed by atoms with Crippen molar-refractivity contribution in [2.45, 2.75) is 38.5 Å². The highest BCUT2D eigenvalue weighted by Crippen LogP contribution is 2.59. The van der Waals surface area contributed by atoms with E-state index in [1.807, 2.05) is 0 Å². The summed E-state index contributed by atoms with van der Waals surface area (Å²) in [6.45, 7) is 9.58. The van der Waals surface area contributed by atoms with Gasteiger partial charge in [0.25, 0.3) is 0 Å². The molecule has 0 fully saturated rings. The van der Waals surface area contributed by atoms with Gasteiger partial charge < -0.3 is 9.80 Å². The summed E-state index contributed by atoms with van der Waals surface area (Å²) in [6, 6.07) is 153. The van der Waals surface area contributed by atoms with Crippen molar-refractivity contribution in [3.8, 4) is 134 Å². The molecular formula is C108H80N2. The van der Waals surface area contributed by atoms with Gasteiger partial charge in [-0.25, -0.2) is 0 Å². The van der Waals surface area contributed by atoms with E-state index in [2.05, 4.69) is 450 Å². The average molecular weight is 1410 g/mol. The highest BCUT2D eigenvalue weighted by molar-refractivity contribution is 6.06. The third-order valence-electron chi connectivity index (χ3n) is 23.1. The van der Waals surface area contributed by atoms with E-state index >= 15 is 0 Å². The molecule has 0 amide bonds. The SMILES string of the molecule is CC1(C)c2ccccc2-c2cccc(N(c3ccc(-c4cccc(-c5ccc(-c6ccc(-c7ccccc7-c7c(-c8ccccc8)cccc7N(c7ccccc7-c7ccccc7)c7cccc8c7C(C)(C)c7ccccc7-8)cc6)cc5)c4)cc3)c3cccc(-c4ccccc4)c3-c3ccccc3-c3ccccc3)c21. The van der Waals surface area contributed by atoms with Crippen molar-refractivity contribution in [2.75, 3.05) is 9.80 Å². The molecule has 0 aliphatic heterocycles. The normalized spacial score (nSPS) is 12.7. The molecule has 17 aromatic rings. The van der Waals surface area contributed by atoms with Gasteiger partial charge in [-0.1, -0.05) is 392 Å². The van der Waals surface area contributed by atoms with Crippen molar-refractivity contribution in [3.63, 3.8) is 0 Å². The zero-order chi connectivity index (χ0) is 73.9. The molecule has 0 aromatic heterocycles. The Morgan fingerprint density at radius 2 is 0.427 bits per heavy atom. The van der Waals surface area contributed by atoms with Crippen molar-refractivity contribution in [2.24, 2.45) is 0 Å². The Balaban J connectivity index is 0.670. The van der Waals surface area contributed by atoms with Crippen LogP contribution in [0, 0.1) is 0 Å². The predicted octanol–water partition coefficient (Wildman–Crippen LogP) is 29.9. The summed E-state index contributed by atoms with van der Waals surface area (Å²) < 4.78 is 0. The minimum Gasteiger partial charge on any atom is -0.310 e. The van der Waals surface area contributed by atoms with Crippen LogP contribution in [0.5, 0.6) is 0 Å². The standard InChI is InChI=1S/C108H80N2/c1-107(2)96-53-24-21-45-90(96)94-51-30-58-101(105(94)107)109(99-56-28-49-88(79-36-13-7-14-37-79)103(99)92-47-19-17-42-85(92)77-32-9-5-10-33-77)84-70-68-76(69-71-84)83-41-27-40-82(72-83)75-62-60-73(61-63-75)74-64-66-81(67-65-74)86-43-18-20-48-93(86)104-89(80-38-15-8-16-39-80)50-29-57-100(104)110(98-55-26-23-44-87(98)78-34-11-6-12-35-78)102-59-31-52-95-91-46-22-25-54-97(91)108(3,4)106(95)102/h5-72H,1-4H3. The number of rotatable bonds is 16. The summed E-state index contributed by atoms with van der Waals surface area (Å²) in [4.78, 5) is 5.12. The van der Waals surface area contributed by atoms with Gasteiger partial charge in [0.05, 0.1) is 28.4 Å². The number of para-hydroxylation sites is 1. The van der Waals surface area contributed by atoms with Crippen LogP contribution in [0.25, 0.3) is 134 Å². The van der Waals surface area contributed by atoms with Crippen molar-refractivity contribution in [3.05, 3.63) is 435 Å². The smallest absolute Gasteiger partial charge is 0.0546 e. The molecule has 2 aliphatic rings. The molecule has 2 heteroatoms. The molecule has 0 saturated carbocycles. The molecule has 0 spiro atoms. The van der Waals surface area contributed by atoms with Crippen LogP contribution in [0.4, 0.5) is 34.1 Å².